The van der Waals surface area contributed by atoms with Crippen molar-refractivity contribution in [1.29, 1.82) is 0 Å². The lowest BCUT2D eigenvalue weighted by Crippen LogP contribution is -2.46. The maximum atomic E-state index is 14.9. The monoisotopic (exact) mass is 539 g/mol. The first-order valence-electron chi connectivity index (χ1n) is 14.8. The lowest BCUT2D eigenvalue weighted by molar-refractivity contribution is -0.123. The van der Waals surface area contributed by atoms with Crippen molar-refractivity contribution in [1.82, 2.24) is 4.90 Å². The third-order valence-electron chi connectivity index (χ3n) is 8.85. The van der Waals surface area contributed by atoms with Crippen LogP contribution in [0.2, 0.25) is 0 Å². The fourth-order valence-corrected chi connectivity index (χ4v) is 6.56. The molecule has 1 saturated heterocycles. The molecule has 40 heavy (non-hydrogen) atoms. The molecule has 3 fully saturated rings. The quantitative estimate of drug-likeness (QED) is 0.325. The molecule has 208 valence electrons. The number of hydrogen-bond acceptors (Lipinski definition) is 3. The average Bonchev–Trinajstić information content (AvgIpc) is 3.69. The van der Waals surface area contributed by atoms with E-state index in [-0.39, 0.29) is 17.4 Å². The fourth-order valence-electron chi connectivity index (χ4n) is 6.56. The van der Waals surface area contributed by atoms with E-state index < -0.39 is 17.8 Å². The summed E-state index contributed by atoms with van der Waals surface area (Å²) in [6.07, 6.45) is 8.59. The van der Waals surface area contributed by atoms with E-state index in [9.17, 15) is 14.0 Å². The van der Waals surface area contributed by atoms with Crippen molar-refractivity contribution < 1.29 is 14.0 Å². The molecule has 5 nitrogen and oxygen atoms in total. The smallest absolute Gasteiger partial charge is 0.257 e. The molecule has 6 heteroatoms. The van der Waals surface area contributed by atoms with Gasteiger partial charge in [0.2, 0.25) is 5.91 Å². The van der Waals surface area contributed by atoms with Gasteiger partial charge in [0.1, 0.15) is 5.82 Å². The minimum absolute atomic E-state index is 0.0882. The Balaban J connectivity index is 1.31. The second-order valence-electron chi connectivity index (χ2n) is 11.8. The predicted octanol–water partition coefficient (Wildman–Crippen LogP) is 7.60. The summed E-state index contributed by atoms with van der Waals surface area (Å²) in [4.78, 5) is 29.5. The Morgan fingerprint density at radius 1 is 0.825 bits per heavy atom. The summed E-state index contributed by atoms with van der Waals surface area (Å²) in [5.74, 6) is -0.852. The normalized spacial score (nSPS) is 21.3. The molecule has 6 rings (SSSR count). The second-order valence-corrected chi connectivity index (χ2v) is 11.8. The first-order valence-corrected chi connectivity index (χ1v) is 14.8. The fraction of sp³-hybridized carbons (Fsp3) is 0.412. The van der Waals surface area contributed by atoms with Crippen LogP contribution in [0.3, 0.4) is 0 Å². The largest absolute Gasteiger partial charge is 0.382 e. The number of piperidine rings is 1. The minimum atomic E-state index is -0.525. The highest BCUT2D eigenvalue weighted by molar-refractivity contribution is 5.98. The van der Waals surface area contributed by atoms with Crippen molar-refractivity contribution in [3.63, 3.8) is 0 Å². The van der Waals surface area contributed by atoms with E-state index in [0.717, 1.165) is 16.9 Å². The highest BCUT2D eigenvalue weighted by atomic mass is 19.1. The molecule has 2 atom stereocenters. The zero-order chi connectivity index (χ0) is 27.6. The highest BCUT2D eigenvalue weighted by Crippen LogP contribution is 2.42. The van der Waals surface area contributed by atoms with Gasteiger partial charge in [-0.05, 0) is 98.4 Å². The Hall–Kier alpha value is -3.67. The number of hydrogen-bond donors (Lipinski definition) is 2. The molecular formula is C34H38FN3O2. The number of anilines is 2. The highest BCUT2D eigenvalue weighted by Gasteiger charge is 2.40. The van der Waals surface area contributed by atoms with Gasteiger partial charge in [0.05, 0.1) is 17.5 Å². The number of rotatable bonds is 7. The van der Waals surface area contributed by atoms with Gasteiger partial charge in [0, 0.05) is 24.0 Å². The Bertz CT molecular complexity index is 1360. The van der Waals surface area contributed by atoms with Crippen LogP contribution in [0.15, 0.2) is 66.7 Å². The molecular weight excluding hydrogens is 501 g/mol. The van der Waals surface area contributed by atoms with Gasteiger partial charge in [0.15, 0.2) is 0 Å². The van der Waals surface area contributed by atoms with E-state index in [4.69, 9.17) is 0 Å². The molecule has 2 amide bonds. The van der Waals surface area contributed by atoms with Crippen molar-refractivity contribution in [3.8, 4) is 0 Å². The molecule has 0 bridgehead atoms. The molecule has 2 aliphatic carbocycles. The number of amides is 2. The van der Waals surface area contributed by atoms with Gasteiger partial charge in [-0.25, -0.2) is 4.39 Å². The van der Waals surface area contributed by atoms with Crippen LogP contribution in [0.5, 0.6) is 0 Å². The second kappa shape index (κ2) is 11.4. The maximum absolute atomic E-state index is 14.9. The third-order valence-corrected chi connectivity index (χ3v) is 8.85. The standard InChI is InChI=1S/C34H38FN3O2/c1-22-7-4-13-30(35)31(22)34(40)38-20-6-12-29(33(39)37-28-11-5-8-25(21-28)23-14-15-23)32(38)24-16-18-27(19-17-24)36-26-9-2-3-10-26/h4-5,7-8,11,13,16-19,21,23,26,29,32,36H,2-3,6,9-10,12,14-15,20H2,1H3,(H,37,39)/t29-,32-/m0/s1. The van der Waals surface area contributed by atoms with E-state index in [1.165, 1.54) is 50.2 Å². The number of carbonyl (C=O) groups is 2. The molecule has 2 N–H and O–H groups in total. The first kappa shape index (κ1) is 26.5. The summed E-state index contributed by atoms with van der Waals surface area (Å²) >= 11 is 0. The Morgan fingerprint density at radius 2 is 1.57 bits per heavy atom. The summed E-state index contributed by atoms with van der Waals surface area (Å²) in [6, 6.07) is 21.0. The SMILES string of the molecule is Cc1cccc(F)c1C(=O)N1CCC[C@H](C(=O)Nc2cccc(C3CC3)c2)[C@@H]1c1ccc(NC2CCCC2)cc1. The molecule has 0 unspecified atom stereocenters. The lowest BCUT2D eigenvalue weighted by Gasteiger charge is -2.41. The van der Waals surface area contributed by atoms with Gasteiger partial charge in [-0.15, -0.1) is 0 Å². The lowest BCUT2D eigenvalue weighted by atomic mass is 9.83. The molecule has 3 aromatic rings. The van der Waals surface area contributed by atoms with Gasteiger partial charge in [-0.1, -0.05) is 49.2 Å². The molecule has 1 aliphatic heterocycles. The minimum Gasteiger partial charge on any atom is -0.382 e. The van der Waals surface area contributed by atoms with E-state index in [0.29, 0.717) is 36.9 Å². The predicted molar refractivity (Wildman–Crippen MR) is 157 cm³/mol. The van der Waals surface area contributed by atoms with Crippen LogP contribution < -0.4 is 10.6 Å². The molecule has 0 aromatic heterocycles. The number of nitrogens with one attached hydrogen (secondary N) is 2. The topological polar surface area (TPSA) is 61.4 Å². The molecule has 0 radical (unpaired) electrons. The molecule has 0 spiro atoms. The maximum Gasteiger partial charge on any atom is 0.257 e. The van der Waals surface area contributed by atoms with E-state index in [1.54, 1.807) is 24.0 Å². The van der Waals surface area contributed by atoms with Crippen molar-refractivity contribution in [2.45, 2.75) is 76.3 Å². The molecule has 1 heterocycles. The Labute approximate surface area is 236 Å². The number of carbonyl (C=O) groups excluding carboxylic acids is 2. The van der Waals surface area contributed by atoms with Crippen molar-refractivity contribution in [3.05, 3.63) is 94.8 Å². The van der Waals surface area contributed by atoms with Gasteiger partial charge in [-0.3, -0.25) is 9.59 Å². The van der Waals surface area contributed by atoms with Crippen LogP contribution in [0.25, 0.3) is 0 Å². The number of likely N-dealkylation sites (tertiary alicyclic amines) is 1. The van der Waals surface area contributed by atoms with Crippen molar-refractivity contribution in [2.24, 2.45) is 5.92 Å². The summed E-state index contributed by atoms with van der Waals surface area (Å²) in [6.45, 7) is 2.23. The van der Waals surface area contributed by atoms with Gasteiger partial charge in [-0.2, -0.15) is 0 Å². The summed E-state index contributed by atoms with van der Waals surface area (Å²) in [5.41, 5.74) is 4.68. The Morgan fingerprint density at radius 3 is 2.30 bits per heavy atom. The zero-order valence-electron chi connectivity index (χ0n) is 23.2. The summed E-state index contributed by atoms with van der Waals surface area (Å²) in [5, 5.41) is 6.78. The molecule has 2 saturated carbocycles. The van der Waals surface area contributed by atoms with Gasteiger partial charge < -0.3 is 15.5 Å². The molecule has 3 aliphatic rings. The number of halogens is 1. The Kier molecular flexibility index (Phi) is 7.59. The van der Waals surface area contributed by atoms with Crippen LogP contribution in [0, 0.1) is 18.7 Å². The zero-order valence-corrected chi connectivity index (χ0v) is 23.2. The van der Waals surface area contributed by atoms with Crippen LogP contribution in [0.1, 0.15) is 90.4 Å². The van der Waals surface area contributed by atoms with Crippen LogP contribution in [-0.4, -0.2) is 29.3 Å². The van der Waals surface area contributed by atoms with Crippen molar-refractivity contribution >= 4 is 23.2 Å². The number of nitrogens with zero attached hydrogens (tertiary/aromatic N) is 1. The summed E-state index contributed by atoms with van der Waals surface area (Å²) in [7, 11) is 0. The third kappa shape index (κ3) is 5.63. The first-order chi connectivity index (χ1) is 19.5. The van der Waals surface area contributed by atoms with E-state index in [1.807, 2.05) is 36.4 Å². The van der Waals surface area contributed by atoms with Crippen LogP contribution in [0.4, 0.5) is 15.8 Å². The van der Waals surface area contributed by atoms with Crippen LogP contribution >= 0.6 is 0 Å². The summed E-state index contributed by atoms with van der Waals surface area (Å²) < 4.78 is 14.9. The van der Waals surface area contributed by atoms with E-state index in [2.05, 4.69) is 22.8 Å². The van der Waals surface area contributed by atoms with E-state index >= 15 is 0 Å². The van der Waals surface area contributed by atoms with Gasteiger partial charge >= 0.3 is 0 Å². The van der Waals surface area contributed by atoms with Gasteiger partial charge in [0.25, 0.3) is 5.91 Å². The number of benzene rings is 3. The average molecular weight is 540 g/mol. The molecule has 3 aromatic carbocycles. The number of aryl methyl sites for hydroxylation is 1. The van der Waals surface area contributed by atoms with Crippen LogP contribution in [-0.2, 0) is 4.79 Å². The van der Waals surface area contributed by atoms with Crippen molar-refractivity contribution in [2.75, 3.05) is 17.2 Å².